The highest BCUT2D eigenvalue weighted by molar-refractivity contribution is 5.68. The molecule has 1 N–H and O–H groups in total. The van der Waals surface area contributed by atoms with Crippen molar-refractivity contribution in [2.24, 2.45) is 0 Å². The number of ether oxygens (including phenoxy) is 1. The number of carboxylic acid groups (broad SMARTS) is 1. The summed E-state index contributed by atoms with van der Waals surface area (Å²) in [4.78, 5) is 9.73. The zero-order chi connectivity index (χ0) is 12.3. The maximum absolute atomic E-state index is 12.3. The van der Waals surface area contributed by atoms with Gasteiger partial charge in [-0.15, -0.1) is 0 Å². The van der Waals surface area contributed by atoms with Crippen LogP contribution in [0.2, 0.25) is 0 Å². The Morgan fingerprint density at radius 2 is 1.73 bits per heavy atom. The lowest BCUT2D eigenvalue weighted by atomic mass is 10.4. The summed E-state index contributed by atoms with van der Waals surface area (Å²) in [5.74, 6) is -4.77. The van der Waals surface area contributed by atoms with Gasteiger partial charge in [-0.2, -0.15) is 22.0 Å². The molecule has 0 aromatic rings. The summed E-state index contributed by atoms with van der Waals surface area (Å²) in [6.45, 7) is -1.62. The second-order valence-corrected chi connectivity index (χ2v) is 2.23. The quantitative estimate of drug-likeness (QED) is 0.763. The third-order valence-corrected chi connectivity index (χ3v) is 0.945. The van der Waals surface area contributed by atoms with Crippen LogP contribution in [0.5, 0.6) is 0 Å². The zero-order valence-corrected chi connectivity index (χ0v) is 6.82. The van der Waals surface area contributed by atoms with E-state index in [9.17, 15) is 31.1 Å². The molecule has 0 saturated heterocycles. The molecule has 0 radical (unpaired) electrons. The van der Waals surface area contributed by atoms with Crippen LogP contribution in [-0.2, 0) is 9.53 Å². The maximum atomic E-state index is 12.3. The van der Waals surface area contributed by atoms with E-state index < -0.39 is 36.8 Å². The Bertz CT molecular complexity index is 269. The molecule has 0 aliphatic rings. The molecular weight excluding hydrogens is 234 g/mol. The van der Waals surface area contributed by atoms with E-state index in [0.717, 1.165) is 0 Å². The average Bonchev–Trinajstić information content (AvgIpc) is 1.97. The number of hydrogen-bond donors (Lipinski definition) is 1. The van der Waals surface area contributed by atoms with Gasteiger partial charge in [0.25, 0.3) is 0 Å². The summed E-state index contributed by atoms with van der Waals surface area (Å²) < 4.78 is 74.1. The van der Waals surface area contributed by atoms with E-state index in [0.29, 0.717) is 0 Å². The molecule has 88 valence electrons. The second-order valence-electron chi connectivity index (χ2n) is 2.23. The lowest BCUT2D eigenvalue weighted by Crippen LogP contribution is -2.26. The molecule has 0 saturated carbocycles. The Labute approximate surface area is 78.9 Å². The molecular formula is C6H4F6O3. The molecule has 3 nitrogen and oxygen atoms in total. The SMILES string of the molecule is O=C(O)COC(F)(F)C(F)=CC(F)(F)F. The first-order valence-corrected chi connectivity index (χ1v) is 3.24. The zero-order valence-electron chi connectivity index (χ0n) is 6.82. The Hall–Kier alpha value is -1.25. The molecule has 0 heterocycles. The predicted molar refractivity (Wildman–Crippen MR) is 33.8 cm³/mol. The number of halogens is 6. The van der Waals surface area contributed by atoms with Crippen molar-refractivity contribution in [1.29, 1.82) is 0 Å². The van der Waals surface area contributed by atoms with Crippen LogP contribution in [0.3, 0.4) is 0 Å². The van der Waals surface area contributed by atoms with Crippen molar-refractivity contribution in [2.75, 3.05) is 6.61 Å². The largest absolute Gasteiger partial charge is 0.480 e. The van der Waals surface area contributed by atoms with Gasteiger partial charge in [-0.05, 0) is 0 Å². The third-order valence-electron chi connectivity index (χ3n) is 0.945. The fourth-order valence-corrected chi connectivity index (χ4v) is 0.449. The standard InChI is InChI=1S/C6H4F6O3/c7-3(1-5(8,9)10)6(11,12)15-2-4(13)14/h1H,2H2,(H,13,14). The highest BCUT2D eigenvalue weighted by Crippen LogP contribution is 2.30. The number of allylic oxidation sites excluding steroid dienone is 1. The number of aliphatic carboxylic acids is 1. The number of carboxylic acids is 1. The van der Waals surface area contributed by atoms with E-state index in [4.69, 9.17) is 5.11 Å². The highest BCUT2D eigenvalue weighted by atomic mass is 19.4. The van der Waals surface area contributed by atoms with Crippen molar-refractivity contribution in [2.45, 2.75) is 12.3 Å². The molecule has 9 heteroatoms. The summed E-state index contributed by atoms with van der Waals surface area (Å²) >= 11 is 0. The molecule has 0 atom stereocenters. The van der Waals surface area contributed by atoms with Crippen LogP contribution in [0.4, 0.5) is 26.3 Å². The third kappa shape index (κ3) is 5.94. The van der Waals surface area contributed by atoms with E-state index in [-0.39, 0.29) is 0 Å². The van der Waals surface area contributed by atoms with Gasteiger partial charge in [-0.1, -0.05) is 0 Å². The number of rotatable bonds is 4. The van der Waals surface area contributed by atoms with Gasteiger partial charge >= 0.3 is 18.3 Å². The molecule has 0 aliphatic carbocycles. The first-order chi connectivity index (χ1) is 6.54. The first kappa shape index (κ1) is 13.8. The topological polar surface area (TPSA) is 46.5 Å². The van der Waals surface area contributed by atoms with Gasteiger partial charge in [-0.3, -0.25) is 0 Å². The molecule has 0 spiro atoms. The number of hydrogen-bond acceptors (Lipinski definition) is 2. The Morgan fingerprint density at radius 1 is 1.27 bits per heavy atom. The van der Waals surface area contributed by atoms with Crippen molar-refractivity contribution < 1.29 is 41.0 Å². The summed E-state index contributed by atoms with van der Waals surface area (Å²) in [5, 5.41) is 7.87. The smallest absolute Gasteiger partial charge is 0.412 e. The van der Waals surface area contributed by atoms with Gasteiger partial charge in [0.1, 0.15) is 0 Å². The molecule has 0 aromatic carbocycles. The first-order valence-electron chi connectivity index (χ1n) is 3.24. The summed E-state index contributed by atoms with van der Waals surface area (Å²) in [7, 11) is 0. The fourth-order valence-electron chi connectivity index (χ4n) is 0.449. The fraction of sp³-hybridized carbons (Fsp3) is 0.500. The molecule has 0 aliphatic heterocycles. The van der Waals surface area contributed by atoms with Gasteiger partial charge in [0, 0.05) is 0 Å². The molecule has 15 heavy (non-hydrogen) atoms. The van der Waals surface area contributed by atoms with Gasteiger partial charge < -0.3 is 9.84 Å². The van der Waals surface area contributed by atoms with E-state index in [1.807, 2.05) is 0 Å². The minimum atomic E-state index is -5.28. The van der Waals surface area contributed by atoms with Crippen LogP contribution in [0, 0.1) is 0 Å². The highest BCUT2D eigenvalue weighted by Gasteiger charge is 2.41. The number of alkyl halides is 5. The predicted octanol–water partition coefficient (Wildman–Crippen LogP) is 2.10. The van der Waals surface area contributed by atoms with Gasteiger partial charge in [0.05, 0.1) is 6.08 Å². The van der Waals surface area contributed by atoms with Crippen molar-refractivity contribution in [1.82, 2.24) is 0 Å². The van der Waals surface area contributed by atoms with E-state index in [1.165, 1.54) is 0 Å². The van der Waals surface area contributed by atoms with Crippen LogP contribution < -0.4 is 0 Å². The Morgan fingerprint density at radius 3 is 2.07 bits per heavy atom. The monoisotopic (exact) mass is 238 g/mol. The molecule has 0 rings (SSSR count). The van der Waals surface area contributed by atoms with Crippen LogP contribution in [0.1, 0.15) is 0 Å². The minimum Gasteiger partial charge on any atom is -0.480 e. The van der Waals surface area contributed by atoms with E-state index in [2.05, 4.69) is 4.74 Å². The van der Waals surface area contributed by atoms with Crippen LogP contribution in [0.25, 0.3) is 0 Å². The van der Waals surface area contributed by atoms with E-state index >= 15 is 0 Å². The van der Waals surface area contributed by atoms with Gasteiger partial charge in [0.15, 0.2) is 6.61 Å². The van der Waals surface area contributed by atoms with Crippen LogP contribution in [0.15, 0.2) is 11.9 Å². The lowest BCUT2D eigenvalue weighted by Gasteiger charge is -2.13. The van der Waals surface area contributed by atoms with Crippen molar-refractivity contribution in [3.05, 3.63) is 11.9 Å². The average molecular weight is 238 g/mol. The van der Waals surface area contributed by atoms with Crippen molar-refractivity contribution in [3.63, 3.8) is 0 Å². The van der Waals surface area contributed by atoms with Gasteiger partial charge in [0.2, 0.25) is 5.83 Å². The molecule has 0 fully saturated rings. The normalized spacial score (nSPS) is 14.1. The second kappa shape index (κ2) is 4.51. The van der Waals surface area contributed by atoms with Crippen LogP contribution in [-0.4, -0.2) is 30.0 Å². The molecule has 0 amide bonds. The summed E-state index contributed by atoms with van der Waals surface area (Å²) in [6, 6.07) is 0. The minimum absolute atomic E-state index is 1.31. The molecule has 0 bridgehead atoms. The number of carbonyl (C=O) groups is 1. The molecule has 0 aromatic heterocycles. The van der Waals surface area contributed by atoms with Crippen molar-refractivity contribution in [3.8, 4) is 0 Å². The molecule has 0 unspecified atom stereocenters. The van der Waals surface area contributed by atoms with Crippen molar-refractivity contribution >= 4 is 5.97 Å². The van der Waals surface area contributed by atoms with Crippen LogP contribution >= 0.6 is 0 Å². The van der Waals surface area contributed by atoms with E-state index in [1.54, 1.807) is 0 Å². The maximum Gasteiger partial charge on any atom is 0.412 e. The lowest BCUT2D eigenvalue weighted by molar-refractivity contribution is -0.225. The summed E-state index contributed by atoms with van der Waals surface area (Å²) in [5.41, 5.74) is 0. The Kier molecular flexibility index (Phi) is 4.14. The van der Waals surface area contributed by atoms with Gasteiger partial charge in [-0.25, -0.2) is 9.18 Å². The summed E-state index contributed by atoms with van der Waals surface area (Å²) in [6.07, 6.45) is -11.5. The Balaban J connectivity index is 4.58.